The summed E-state index contributed by atoms with van der Waals surface area (Å²) in [4.78, 5) is 28.7. The largest absolute Gasteiger partial charge is 0.482 e. The monoisotopic (exact) mass is 438 g/mol. The first-order valence-electron chi connectivity index (χ1n) is 11.2. The third-order valence-corrected chi connectivity index (χ3v) is 5.73. The maximum Gasteiger partial charge on any atom is 0.227 e. The average Bonchev–Trinajstić information content (AvgIpc) is 2.77. The average molecular weight is 439 g/mol. The van der Waals surface area contributed by atoms with Gasteiger partial charge in [-0.05, 0) is 23.0 Å². The van der Waals surface area contributed by atoms with Crippen LogP contribution >= 0.6 is 0 Å². The van der Waals surface area contributed by atoms with Crippen molar-refractivity contribution in [2.45, 2.75) is 52.2 Å². The zero-order chi connectivity index (χ0) is 23.1. The molecule has 1 aliphatic heterocycles. The van der Waals surface area contributed by atoms with Crippen LogP contribution in [-0.4, -0.2) is 41.9 Å². The molecule has 0 bridgehead atoms. The SMILES string of the molecule is C=CCCC(=O)N1CCN(Cc2cc(=O)c(OCc3ccc(C(C)(C)C)cc3)co2)CC1. The van der Waals surface area contributed by atoms with Crippen molar-refractivity contribution in [3.05, 3.63) is 76.4 Å². The number of piperazine rings is 1. The molecule has 0 atom stereocenters. The lowest BCUT2D eigenvalue weighted by atomic mass is 9.87. The van der Waals surface area contributed by atoms with Gasteiger partial charge in [-0.1, -0.05) is 51.1 Å². The smallest absolute Gasteiger partial charge is 0.227 e. The van der Waals surface area contributed by atoms with Crippen molar-refractivity contribution in [2.75, 3.05) is 26.2 Å². The van der Waals surface area contributed by atoms with Gasteiger partial charge in [0.25, 0.3) is 0 Å². The normalized spacial score (nSPS) is 14.9. The van der Waals surface area contributed by atoms with Crippen LogP contribution in [0.3, 0.4) is 0 Å². The zero-order valence-corrected chi connectivity index (χ0v) is 19.4. The minimum absolute atomic E-state index is 0.101. The maximum atomic E-state index is 12.5. The van der Waals surface area contributed by atoms with E-state index in [4.69, 9.17) is 9.15 Å². The molecule has 6 heteroatoms. The van der Waals surface area contributed by atoms with E-state index in [1.54, 1.807) is 6.08 Å². The molecule has 1 aromatic carbocycles. The van der Waals surface area contributed by atoms with Crippen molar-refractivity contribution in [1.82, 2.24) is 9.80 Å². The Balaban J connectivity index is 1.50. The lowest BCUT2D eigenvalue weighted by molar-refractivity contribution is -0.132. The first-order valence-corrected chi connectivity index (χ1v) is 11.2. The highest BCUT2D eigenvalue weighted by Crippen LogP contribution is 2.22. The molecule has 2 aromatic rings. The fourth-order valence-corrected chi connectivity index (χ4v) is 3.65. The topological polar surface area (TPSA) is 63.0 Å². The van der Waals surface area contributed by atoms with E-state index in [2.05, 4.69) is 44.4 Å². The van der Waals surface area contributed by atoms with Gasteiger partial charge in [-0.3, -0.25) is 14.5 Å². The summed E-state index contributed by atoms with van der Waals surface area (Å²) in [5.74, 6) is 0.986. The van der Waals surface area contributed by atoms with Crippen LogP contribution in [0.15, 0.2) is 58.5 Å². The van der Waals surface area contributed by atoms with Gasteiger partial charge in [-0.15, -0.1) is 6.58 Å². The number of rotatable bonds is 8. The molecule has 0 N–H and O–H groups in total. The Morgan fingerprint density at radius 2 is 1.84 bits per heavy atom. The van der Waals surface area contributed by atoms with Crippen molar-refractivity contribution in [3.8, 4) is 5.75 Å². The van der Waals surface area contributed by atoms with Crippen LogP contribution in [0.2, 0.25) is 0 Å². The molecule has 1 saturated heterocycles. The molecule has 1 aromatic heterocycles. The Bertz CT molecular complexity index is 965. The first kappa shape index (κ1) is 23.8. The second-order valence-electron chi connectivity index (χ2n) is 9.29. The lowest BCUT2D eigenvalue weighted by Gasteiger charge is -2.34. The summed E-state index contributed by atoms with van der Waals surface area (Å²) < 4.78 is 11.4. The number of hydrogen-bond acceptors (Lipinski definition) is 5. The molecule has 6 nitrogen and oxygen atoms in total. The highest BCUT2D eigenvalue weighted by Gasteiger charge is 2.21. The Labute approximate surface area is 190 Å². The third-order valence-electron chi connectivity index (χ3n) is 5.73. The number of ether oxygens (including phenoxy) is 1. The second-order valence-corrected chi connectivity index (χ2v) is 9.29. The summed E-state index contributed by atoms with van der Waals surface area (Å²) in [7, 11) is 0. The first-order chi connectivity index (χ1) is 15.3. The van der Waals surface area contributed by atoms with Crippen molar-refractivity contribution >= 4 is 5.91 Å². The summed E-state index contributed by atoms with van der Waals surface area (Å²) in [5, 5.41) is 0. The van der Waals surface area contributed by atoms with Gasteiger partial charge in [-0.2, -0.15) is 0 Å². The van der Waals surface area contributed by atoms with E-state index >= 15 is 0 Å². The van der Waals surface area contributed by atoms with Crippen LogP contribution in [0.1, 0.15) is 50.5 Å². The highest BCUT2D eigenvalue weighted by atomic mass is 16.5. The number of benzene rings is 1. The number of carbonyl (C=O) groups is 1. The molecule has 32 heavy (non-hydrogen) atoms. The van der Waals surface area contributed by atoms with Crippen LogP contribution in [-0.2, 0) is 23.4 Å². The second kappa shape index (κ2) is 10.6. The standard InChI is InChI=1S/C26H34N2O4/c1-5-6-7-25(30)28-14-12-27(13-15-28)17-22-16-23(29)24(19-31-22)32-18-20-8-10-21(11-9-20)26(2,3)4/h5,8-11,16,19H,1,6-7,12-15,17-18H2,2-4H3. The lowest BCUT2D eigenvalue weighted by Crippen LogP contribution is -2.48. The van der Waals surface area contributed by atoms with E-state index in [-0.39, 0.29) is 22.5 Å². The minimum Gasteiger partial charge on any atom is -0.482 e. The quantitative estimate of drug-likeness (QED) is 0.580. The molecular weight excluding hydrogens is 404 g/mol. The van der Waals surface area contributed by atoms with Gasteiger partial charge in [0.05, 0.1) is 6.54 Å². The molecule has 1 aliphatic rings. The van der Waals surface area contributed by atoms with Crippen LogP contribution in [0, 0.1) is 0 Å². The van der Waals surface area contributed by atoms with Crippen LogP contribution in [0.5, 0.6) is 5.75 Å². The molecule has 1 fully saturated rings. The predicted octanol–water partition coefficient (Wildman–Crippen LogP) is 4.13. The Morgan fingerprint density at radius 3 is 2.44 bits per heavy atom. The van der Waals surface area contributed by atoms with Crippen molar-refractivity contribution in [3.63, 3.8) is 0 Å². The molecule has 172 valence electrons. The molecule has 2 heterocycles. The van der Waals surface area contributed by atoms with E-state index in [0.717, 1.165) is 18.7 Å². The predicted molar refractivity (Wildman–Crippen MR) is 126 cm³/mol. The number of amides is 1. The van der Waals surface area contributed by atoms with E-state index in [0.29, 0.717) is 44.8 Å². The summed E-state index contributed by atoms with van der Waals surface area (Å²) >= 11 is 0. The van der Waals surface area contributed by atoms with E-state index < -0.39 is 0 Å². The van der Waals surface area contributed by atoms with Gasteiger partial charge >= 0.3 is 0 Å². The third kappa shape index (κ3) is 6.57. The van der Waals surface area contributed by atoms with E-state index in [9.17, 15) is 9.59 Å². The maximum absolute atomic E-state index is 12.5. The Hall–Kier alpha value is -2.86. The molecule has 0 unspecified atom stereocenters. The molecular formula is C26H34N2O4. The van der Waals surface area contributed by atoms with Crippen LogP contribution in [0.4, 0.5) is 0 Å². The van der Waals surface area contributed by atoms with Crippen molar-refractivity contribution in [1.29, 1.82) is 0 Å². The van der Waals surface area contributed by atoms with E-state index in [1.807, 2.05) is 17.0 Å². The molecule has 0 saturated carbocycles. The van der Waals surface area contributed by atoms with Gasteiger partial charge in [0.2, 0.25) is 17.1 Å². The summed E-state index contributed by atoms with van der Waals surface area (Å²) in [6.45, 7) is 13.9. The molecule has 1 amide bonds. The van der Waals surface area contributed by atoms with E-state index in [1.165, 1.54) is 17.9 Å². The summed E-state index contributed by atoms with van der Waals surface area (Å²) in [5.41, 5.74) is 2.18. The molecule has 0 radical (unpaired) electrons. The fourth-order valence-electron chi connectivity index (χ4n) is 3.65. The molecule has 3 rings (SSSR count). The number of nitrogens with zero attached hydrogens (tertiary/aromatic N) is 2. The van der Waals surface area contributed by atoms with Crippen molar-refractivity contribution < 1.29 is 13.9 Å². The number of allylic oxidation sites excluding steroid dienone is 1. The Kier molecular flexibility index (Phi) is 7.91. The van der Waals surface area contributed by atoms with Gasteiger partial charge in [0.15, 0.2) is 0 Å². The number of carbonyl (C=O) groups excluding carboxylic acids is 1. The zero-order valence-electron chi connectivity index (χ0n) is 19.4. The van der Waals surface area contributed by atoms with Gasteiger partial charge in [0, 0.05) is 38.7 Å². The Morgan fingerprint density at radius 1 is 1.16 bits per heavy atom. The fraction of sp³-hybridized carbons (Fsp3) is 0.462. The molecule has 0 aliphatic carbocycles. The minimum atomic E-state index is -0.184. The highest BCUT2D eigenvalue weighted by molar-refractivity contribution is 5.76. The van der Waals surface area contributed by atoms with Gasteiger partial charge < -0.3 is 14.1 Å². The van der Waals surface area contributed by atoms with Gasteiger partial charge in [0.1, 0.15) is 18.6 Å². The van der Waals surface area contributed by atoms with Crippen molar-refractivity contribution in [2.24, 2.45) is 0 Å². The molecule has 0 spiro atoms. The summed E-state index contributed by atoms with van der Waals surface area (Å²) in [6, 6.07) is 9.74. The van der Waals surface area contributed by atoms with Crippen LogP contribution in [0.25, 0.3) is 0 Å². The van der Waals surface area contributed by atoms with Gasteiger partial charge in [-0.25, -0.2) is 0 Å². The summed E-state index contributed by atoms with van der Waals surface area (Å²) in [6.07, 6.45) is 4.39. The van der Waals surface area contributed by atoms with Crippen LogP contribution < -0.4 is 10.2 Å². The number of hydrogen-bond donors (Lipinski definition) is 0.